The zero-order valence-corrected chi connectivity index (χ0v) is 14.7. The zero-order valence-electron chi connectivity index (χ0n) is 13.9. The molecule has 0 saturated carbocycles. The molecule has 0 fully saturated rings. The Hall–Kier alpha value is -2.78. The van der Waals surface area contributed by atoms with Crippen LogP contribution in [0.15, 0.2) is 101 Å². The predicted octanol–water partition coefficient (Wildman–Crippen LogP) is 5.02. The van der Waals surface area contributed by atoms with Gasteiger partial charge in [-0.3, -0.25) is 9.59 Å². The lowest BCUT2D eigenvalue weighted by Crippen LogP contribution is -2.22. The van der Waals surface area contributed by atoms with Gasteiger partial charge in [-0.15, -0.1) is 10.5 Å². The second-order valence-electron chi connectivity index (χ2n) is 5.51. The third-order valence-electron chi connectivity index (χ3n) is 3.72. The van der Waals surface area contributed by atoms with Gasteiger partial charge in [0.1, 0.15) is 0 Å². The highest BCUT2D eigenvalue weighted by Gasteiger charge is 2.22. The number of hydrogen-bond donors (Lipinski definition) is 0. The first-order valence-corrected chi connectivity index (χ1v) is 9.23. The van der Waals surface area contributed by atoms with E-state index in [0.29, 0.717) is 10.4 Å². The van der Waals surface area contributed by atoms with Crippen molar-refractivity contribution < 1.29 is 9.59 Å². The Kier molecular flexibility index (Phi) is 5.36. The molecule has 25 heavy (non-hydrogen) atoms. The van der Waals surface area contributed by atoms with Crippen molar-refractivity contribution in [2.45, 2.75) is 16.7 Å². The molecule has 3 aromatic rings. The van der Waals surface area contributed by atoms with Gasteiger partial charge in [-0.1, -0.05) is 66.7 Å². The molecule has 0 bridgehead atoms. The van der Waals surface area contributed by atoms with E-state index >= 15 is 0 Å². The molecule has 0 spiro atoms. The molecule has 3 heteroatoms. The lowest BCUT2D eigenvalue weighted by Gasteiger charge is -2.15. The van der Waals surface area contributed by atoms with E-state index in [2.05, 4.69) is 0 Å². The van der Waals surface area contributed by atoms with Crippen LogP contribution in [-0.2, 0) is 4.79 Å². The van der Waals surface area contributed by atoms with Crippen LogP contribution in [0.4, 0.5) is 0 Å². The molecule has 0 unspecified atom stereocenters. The van der Waals surface area contributed by atoms with E-state index in [4.69, 9.17) is 0 Å². The summed E-state index contributed by atoms with van der Waals surface area (Å²) in [6.45, 7) is 1.47. The maximum atomic E-state index is 13.1. The average molecular weight is 346 g/mol. The smallest absolute Gasteiger partial charge is 0.202 e. The topological polar surface area (TPSA) is 34.1 Å². The van der Waals surface area contributed by atoms with E-state index in [-0.39, 0.29) is 11.6 Å². The van der Waals surface area contributed by atoms with Crippen molar-refractivity contribution in [3.8, 4) is 0 Å². The Balaban J connectivity index is 2.29. The van der Waals surface area contributed by atoms with Crippen molar-refractivity contribution in [3.63, 3.8) is 0 Å². The molecule has 124 valence electrons. The van der Waals surface area contributed by atoms with Crippen LogP contribution in [0.1, 0.15) is 17.3 Å². The Labute approximate surface area is 150 Å². The van der Waals surface area contributed by atoms with E-state index in [1.54, 1.807) is 12.1 Å². The molecular formula is C22H18O2S. The Morgan fingerprint density at radius 3 is 1.44 bits per heavy atom. The minimum atomic E-state index is -0.732. The average Bonchev–Trinajstić information content (AvgIpc) is 2.67. The molecule has 0 amide bonds. The lowest BCUT2D eigenvalue weighted by atomic mass is 10.1. The van der Waals surface area contributed by atoms with Gasteiger partial charge < -0.3 is 0 Å². The van der Waals surface area contributed by atoms with Crippen molar-refractivity contribution in [2.75, 3.05) is 0 Å². The summed E-state index contributed by atoms with van der Waals surface area (Å²) in [5.41, 5.74) is 0.539. The normalized spacial score (nSPS) is 10.5. The fourth-order valence-electron chi connectivity index (χ4n) is 2.60. The van der Waals surface area contributed by atoms with Gasteiger partial charge >= 0.3 is 0 Å². The van der Waals surface area contributed by atoms with Gasteiger partial charge in [0.05, 0.1) is 4.86 Å². The summed E-state index contributed by atoms with van der Waals surface area (Å²) in [6.07, 6.45) is 0. The first kappa shape index (κ1) is 17.1. The van der Waals surface area contributed by atoms with Gasteiger partial charge in [0.25, 0.3) is 0 Å². The fourth-order valence-corrected chi connectivity index (χ4v) is 4.79. The summed E-state index contributed by atoms with van der Waals surface area (Å²) >= 11 is 0. The van der Waals surface area contributed by atoms with Gasteiger partial charge in [0.2, 0.25) is 5.78 Å². The van der Waals surface area contributed by atoms with E-state index < -0.39 is 10.5 Å². The summed E-state index contributed by atoms with van der Waals surface area (Å²) in [5.74, 6) is -0.394. The van der Waals surface area contributed by atoms with E-state index in [0.717, 1.165) is 9.79 Å². The van der Waals surface area contributed by atoms with Crippen LogP contribution in [0.5, 0.6) is 0 Å². The number of hydrogen-bond acceptors (Lipinski definition) is 2. The van der Waals surface area contributed by atoms with Crippen molar-refractivity contribution in [1.29, 1.82) is 0 Å². The minimum Gasteiger partial charge on any atom is -0.294 e. The molecule has 0 atom stereocenters. The highest BCUT2D eigenvalue weighted by Crippen LogP contribution is 2.37. The zero-order chi connectivity index (χ0) is 17.6. The Morgan fingerprint density at radius 2 is 1.04 bits per heavy atom. The second kappa shape index (κ2) is 7.86. The molecule has 0 aliphatic rings. The van der Waals surface area contributed by atoms with Crippen molar-refractivity contribution >= 4 is 26.9 Å². The SMILES string of the molecule is CC(=O)C(C(=O)c1ccccc1)=S(c1ccccc1)c1ccccc1. The molecule has 0 saturated heterocycles. The third kappa shape index (κ3) is 3.83. The summed E-state index contributed by atoms with van der Waals surface area (Å²) in [7, 11) is -0.732. The van der Waals surface area contributed by atoms with E-state index in [1.807, 2.05) is 78.9 Å². The number of Topliss-reactive ketones (excluding diaryl/α,β-unsaturated/α-hetero) is 2. The largest absolute Gasteiger partial charge is 0.294 e. The van der Waals surface area contributed by atoms with Gasteiger partial charge in [0.15, 0.2) is 5.78 Å². The maximum Gasteiger partial charge on any atom is 0.202 e. The molecule has 0 N–H and O–H groups in total. The van der Waals surface area contributed by atoms with E-state index in [9.17, 15) is 9.59 Å². The number of carbonyl (C=O) groups is 2. The van der Waals surface area contributed by atoms with Crippen LogP contribution >= 0.6 is 10.5 Å². The van der Waals surface area contributed by atoms with Crippen molar-refractivity contribution in [3.05, 3.63) is 96.6 Å². The quantitative estimate of drug-likeness (QED) is 0.369. The molecule has 0 aromatic heterocycles. The first-order valence-electron chi connectivity index (χ1n) is 8.00. The Bertz CT molecular complexity index is 873. The highest BCUT2D eigenvalue weighted by atomic mass is 32.2. The van der Waals surface area contributed by atoms with Crippen LogP contribution in [0.3, 0.4) is 0 Å². The van der Waals surface area contributed by atoms with Crippen LogP contribution in [0.25, 0.3) is 0 Å². The third-order valence-corrected chi connectivity index (χ3v) is 6.09. The van der Waals surface area contributed by atoms with Crippen LogP contribution in [0.2, 0.25) is 0 Å². The van der Waals surface area contributed by atoms with Crippen LogP contribution in [0, 0.1) is 0 Å². The van der Waals surface area contributed by atoms with E-state index in [1.165, 1.54) is 6.92 Å². The molecule has 0 aliphatic carbocycles. The Morgan fingerprint density at radius 1 is 0.640 bits per heavy atom. The number of carbonyl (C=O) groups excluding carboxylic acids is 2. The van der Waals surface area contributed by atoms with Crippen LogP contribution < -0.4 is 0 Å². The van der Waals surface area contributed by atoms with Gasteiger partial charge in [0, 0.05) is 15.4 Å². The summed E-state index contributed by atoms with van der Waals surface area (Å²) in [6, 6.07) is 28.5. The molecule has 0 radical (unpaired) electrons. The van der Waals surface area contributed by atoms with Crippen molar-refractivity contribution in [2.24, 2.45) is 0 Å². The minimum absolute atomic E-state index is 0.190. The van der Waals surface area contributed by atoms with Gasteiger partial charge in [-0.2, -0.15) is 0 Å². The molecule has 0 aliphatic heterocycles. The fraction of sp³-hybridized carbons (Fsp3) is 0.0455. The maximum absolute atomic E-state index is 13.1. The van der Waals surface area contributed by atoms with Gasteiger partial charge in [-0.25, -0.2) is 0 Å². The number of ketones is 2. The lowest BCUT2D eigenvalue weighted by molar-refractivity contribution is -0.110. The molecule has 2 nitrogen and oxygen atoms in total. The van der Waals surface area contributed by atoms with Crippen LogP contribution in [-0.4, -0.2) is 16.4 Å². The summed E-state index contributed by atoms with van der Waals surface area (Å²) in [4.78, 5) is 27.9. The van der Waals surface area contributed by atoms with Gasteiger partial charge in [-0.05, 0) is 31.2 Å². The standard InChI is InChI=1S/C22H18O2S/c1-17(23)22(21(24)18-11-5-2-6-12-18)25(19-13-7-3-8-14-19)20-15-9-4-10-16-20/h2-16H,1H3. The number of benzene rings is 3. The molecule has 3 rings (SSSR count). The molecule has 3 aromatic carbocycles. The molecule has 0 heterocycles. The summed E-state index contributed by atoms with van der Waals surface area (Å²) in [5, 5.41) is 0. The summed E-state index contributed by atoms with van der Waals surface area (Å²) < 4.78 is 0. The monoisotopic (exact) mass is 346 g/mol. The van der Waals surface area contributed by atoms with Crippen molar-refractivity contribution in [1.82, 2.24) is 0 Å². The number of rotatable bonds is 5. The second-order valence-corrected chi connectivity index (χ2v) is 7.48. The first-order chi connectivity index (χ1) is 12.2. The predicted molar refractivity (Wildman–Crippen MR) is 103 cm³/mol. The molecular weight excluding hydrogens is 328 g/mol. The highest BCUT2D eigenvalue weighted by molar-refractivity contribution is 8.18.